The van der Waals surface area contributed by atoms with Crippen molar-refractivity contribution in [3.63, 3.8) is 0 Å². The molecule has 2 aromatic rings. The van der Waals surface area contributed by atoms with Gasteiger partial charge >= 0.3 is 15.2 Å². The lowest BCUT2D eigenvalue weighted by Gasteiger charge is -2.42. The number of ketones is 1. The Hall–Kier alpha value is -1.99. The van der Waals surface area contributed by atoms with E-state index in [-0.39, 0.29) is 12.2 Å². The Morgan fingerprint density at radius 1 is 0.659 bits per heavy atom. The first-order chi connectivity index (χ1) is 20.5. The van der Waals surface area contributed by atoms with Crippen LogP contribution in [0, 0.1) is 0 Å². The highest BCUT2D eigenvalue weighted by molar-refractivity contribution is 7.74. The van der Waals surface area contributed by atoms with Crippen LogP contribution in [0.15, 0.2) is 48.5 Å². The topological polar surface area (TPSA) is 107 Å². The summed E-state index contributed by atoms with van der Waals surface area (Å²) in [5.74, 6) is 0.689. The molecule has 0 heterocycles. The molecular weight excluding hydrogens is 602 g/mol. The van der Waals surface area contributed by atoms with Crippen LogP contribution in [0.2, 0.25) is 0 Å². The van der Waals surface area contributed by atoms with Gasteiger partial charge in [-0.3, -0.25) is 13.9 Å². The van der Waals surface area contributed by atoms with E-state index in [1.165, 1.54) is 0 Å². The first-order valence-corrected chi connectivity index (χ1v) is 18.4. The first kappa shape index (κ1) is 38.2. The molecule has 0 radical (unpaired) electrons. The van der Waals surface area contributed by atoms with E-state index in [1.807, 2.05) is 24.3 Å². The molecule has 1 atom stereocenters. The molecule has 9 nitrogen and oxygen atoms in total. The SMILES string of the molecule is COc1ccc(C(=O)C(CCCC(C)(P(=O)(OC(C)C)OC(C)C)P(=O)(OC(C)C)OC(C)C)c2ccc(OC)cc2)cc1. The van der Waals surface area contributed by atoms with Gasteiger partial charge in [-0.2, -0.15) is 0 Å². The third-order valence-electron chi connectivity index (χ3n) is 6.93. The smallest absolute Gasteiger partial charge is 0.349 e. The van der Waals surface area contributed by atoms with Crippen LogP contribution in [0.5, 0.6) is 11.5 Å². The van der Waals surface area contributed by atoms with E-state index < -0.39 is 50.4 Å². The molecule has 2 rings (SSSR count). The number of Topliss-reactive ketones (excluding diaryl/α,β-unsaturated/α-hetero) is 1. The van der Waals surface area contributed by atoms with Crippen LogP contribution in [0.3, 0.4) is 0 Å². The summed E-state index contributed by atoms with van der Waals surface area (Å²) < 4.78 is 64.4. The van der Waals surface area contributed by atoms with Crippen molar-refractivity contribution in [1.29, 1.82) is 0 Å². The van der Waals surface area contributed by atoms with Gasteiger partial charge in [0.1, 0.15) is 11.5 Å². The number of hydrogen-bond acceptors (Lipinski definition) is 9. The second-order valence-electron chi connectivity index (χ2n) is 12.1. The number of methoxy groups -OCH3 is 2. The minimum atomic E-state index is -4.15. The number of carbonyl (C=O) groups is 1. The molecule has 0 saturated carbocycles. The zero-order valence-electron chi connectivity index (χ0n) is 28.2. The highest BCUT2D eigenvalue weighted by Crippen LogP contribution is 2.80. The Morgan fingerprint density at radius 2 is 1.02 bits per heavy atom. The maximum absolute atomic E-state index is 14.8. The number of benzene rings is 2. The van der Waals surface area contributed by atoms with Crippen molar-refractivity contribution in [2.24, 2.45) is 0 Å². The highest BCUT2D eigenvalue weighted by Gasteiger charge is 2.63. The summed E-state index contributed by atoms with van der Waals surface area (Å²) in [6.07, 6.45) is -1.18. The second-order valence-corrected chi connectivity index (χ2v) is 17.3. The lowest BCUT2D eigenvalue weighted by atomic mass is 9.86. The minimum Gasteiger partial charge on any atom is -0.497 e. The Balaban J connectivity index is 2.61. The fourth-order valence-electron chi connectivity index (χ4n) is 4.92. The van der Waals surface area contributed by atoms with Crippen LogP contribution in [0.25, 0.3) is 0 Å². The number of ether oxygens (including phenoxy) is 2. The van der Waals surface area contributed by atoms with Gasteiger partial charge in [-0.05, 0) is 117 Å². The standard InChI is InChI=1S/C33H52O9P2/c1-23(2)39-43(35,40-24(3)4)33(9,44(36,41-25(5)6)42-26(7)8)22-12-13-31(27-14-18-29(37-10)19-15-27)32(34)28-16-20-30(38-11)21-17-28/h14-21,23-26,31H,12-13,22H2,1-11H3. The number of rotatable bonds is 19. The van der Waals surface area contributed by atoms with Gasteiger partial charge in [0.05, 0.1) is 38.6 Å². The lowest BCUT2D eigenvalue weighted by molar-refractivity contribution is 0.0953. The number of hydrogen-bond donors (Lipinski definition) is 0. The lowest BCUT2D eigenvalue weighted by Crippen LogP contribution is -2.33. The van der Waals surface area contributed by atoms with Crippen LogP contribution in [-0.2, 0) is 27.2 Å². The van der Waals surface area contributed by atoms with Crippen LogP contribution >= 0.6 is 15.2 Å². The molecule has 1 unspecified atom stereocenters. The molecule has 0 aliphatic heterocycles. The van der Waals surface area contributed by atoms with Crippen LogP contribution in [0.1, 0.15) is 103 Å². The average Bonchev–Trinajstić information content (AvgIpc) is 2.93. The van der Waals surface area contributed by atoms with E-state index in [2.05, 4.69) is 0 Å². The summed E-state index contributed by atoms with van der Waals surface area (Å²) in [4.78, 5) is 12.3. The number of carbonyl (C=O) groups excluding carboxylic acids is 1. The fraction of sp³-hybridized carbons (Fsp3) is 0.606. The van der Waals surface area contributed by atoms with E-state index >= 15 is 0 Å². The van der Waals surface area contributed by atoms with E-state index in [1.54, 1.807) is 101 Å². The fourth-order valence-corrected chi connectivity index (χ4v) is 10.8. The van der Waals surface area contributed by atoms with Gasteiger partial charge in [0.2, 0.25) is 0 Å². The van der Waals surface area contributed by atoms with Gasteiger partial charge in [0.15, 0.2) is 10.7 Å². The molecule has 11 heteroatoms. The summed E-state index contributed by atoms with van der Waals surface area (Å²) in [5.41, 5.74) is 1.33. The van der Waals surface area contributed by atoms with Gasteiger partial charge in [0.25, 0.3) is 0 Å². The van der Waals surface area contributed by atoms with Crippen molar-refractivity contribution >= 4 is 21.0 Å². The maximum Gasteiger partial charge on any atom is 0.349 e. The minimum absolute atomic E-state index is 0.0837. The van der Waals surface area contributed by atoms with Gasteiger partial charge < -0.3 is 27.6 Å². The highest BCUT2D eigenvalue weighted by atomic mass is 31.2. The van der Waals surface area contributed by atoms with Crippen molar-refractivity contribution in [3.05, 3.63) is 59.7 Å². The van der Waals surface area contributed by atoms with Gasteiger partial charge in [-0.1, -0.05) is 18.6 Å². The molecule has 248 valence electrons. The third-order valence-corrected chi connectivity index (χ3v) is 14.0. The molecule has 0 aliphatic rings. The third kappa shape index (κ3) is 9.75. The molecule has 44 heavy (non-hydrogen) atoms. The van der Waals surface area contributed by atoms with Crippen molar-refractivity contribution in [2.75, 3.05) is 14.2 Å². The van der Waals surface area contributed by atoms with Crippen molar-refractivity contribution in [2.45, 2.75) is 117 Å². The van der Waals surface area contributed by atoms with Gasteiger partial charge in [0, 0.05) is 11.5 Å². The normalized spacial score (nSPS) is 13.6. The Morgan fingerprint density at radius 3 is 1.36 bits per heavy atom. The molecule has 0 bridgehead atoms. The maximum atomic E-state index is 14.8. The van der Waals surface area contributed by atoms with Crippen molar-refractivity contribution in [3.8, 4) is 11.5 Å². The Kier molecular flexibility index (Phi) is 14.4. The molecule has 0 aliphatic carbocycles. The zero-order valence-corrected chi connectivity index (χ0v) is 30.0. The van der Waals surface area contributed by atoms with Crippen LogP contribution < -0.4 is 9.47 Å². The monoisotopic (exact) mass is 654 g/mol. The van der Waals surface area contributed by atoms with Gasteiger partial charge in [-0.15, -0.1) is 0 Å². The molecule has 0 N–H and O–H groups in total. The molecular formula is C33H52O9P2. The summed E-state index contributed by atoms with van der Waals surface area (Å²) in [6.45, 7) is 15.6. The largest absolute Gasteiger partial charge is 0.497 e. The predicted octanol–water partition coefficient (Wildman–Crippen LogP) is 9.64. The first-order valence-electron chi connectivity index (χ1n) is 15.3. The van der Waals surface area contributed by atoms with E-state index in [4.69, 9.17) is 27.6 Å². The summed E-state index contributed by atoms with van der Waals surface area (Å²) in [7, 11) is -5.14. The summed E-state index contributed by atoms with van der Waals surface area (Å²) >= 11 is 0. The summed E-state index contributed by atoms with van der Waals surface area (Å²) in [6, 6.07) is 14.4. The predicted molar refractivity (Wildman–Crippen MR) is 175 cm³/mol. The molecule has 0 aromatic heterocycles. The van der Waals surface area contributed by atoms with Crippen LogP contribution in [0.4, 0.5) is 0 Å². The molecule has 0 saturated heterocycles. The van der Waals surface area contributed by atoms with Crippen LogP contribution in [-0.4, -0.2) is 49.3 Å². The molecule has 0 fully saturated rings. The van der Waals surface area contributed by atoms with E-state index in [0.717, 1.165) is 5.56 Å². The second kappa shape index (κ2) is 16.5. The Labute approximate surface area is 264 Å². The van der Waals surface area contributed by atoms with Crippen molar-refractivity contribution in [1.82, 2.24) is 0 Å². The van der Waals surface area contributed by atoms with E-state index in [9.17, 15) is 13.9 Å². The van der Waals surface area contributed by atoms with E-state index in [0.29, 0.717) is 29.9 Å². The van der Waals surface area contributed by atoms with Gasteiger partial charge in [-0.25, -0.2) is 0 Å². The zero-order chi connectivity index (χ0) is 33.3. The molecule has 2 aromatic carbocycles. The Bertz CT molecular complexity index is 1210. The average molecular weight is 655 g/mol. The summed E-state index contributed by atoms with van der Waals surface area (Å²) in [5, 5.41) is 0. The molecule has 0 spiro atoms. The van der Waals surface area contributed by atoms with Crippen molar-refractivity contribution < 1.29 is 41.5 Å². The molecule has 0 amide bonds. The quantitative estimate of drug-likeness (QED) is 0.108.